The van der Waals surface area contributed by atoms with E-state index < -0.39 is 0 Å². The van der Waals surface area contributed by atoms with Crippen LogP contribution in [0.25, 0.3) is 5.52 Å². The van der Waals surface area contributed by atoms with Crippen molar-refractivity contribution in [2.24, 2.45) is 0 Å². The highest BCUT2D eigenvalue weighted by molar-refractivity contribution is 6.09. The van der Waals surface area contributed by atoms with Gasteiger partial charge in [0.05, 0.1) is 5.52 Å². The molecular formula is C23H28N4O2. The zero-order chi connectivity index (χ0) is 21.1. The molecule has 1 unspecified atom stereocenters. The number of rotatable bonds is 6. The van der Waals surface area contributed by atoms with Gasteiger partial charge in [-0.25, -0.2) is 4.98 Å². The molecule has 3 aromatic rings. The van der Waals surface area contributed by atoms with Gasteiger partial charge in [0.2, 0.25) is 5.82 Å². The molecule has 0 saturated carbocycles. The van der Waals surface area contributed by atoms with Gasteiger partial charge < -0.3 is 10.6 Å². The van der Waals surface area contributed by atoms with Gasteiger partial charge in [0.1, 0.15) is 0 Å². The number of pyridine rings is 1. The standard InChI is InChI=1S/C23H28N4O2/c1-6-16(5)24-23(29)21-25-20(18-12-7-8-13-27(18)21)22(28)26-19-15(4)10-9-11-17(19)14(2)3/h7-14,16H,6H2,1-5H3,(H,24,29)(H,26,28). The smallest absolute Gasteiger partial charge is 0.287 e. The second-order valence-corrected chi connectivity index (χ2v) is 7.67. The minimum absolute atomic E-state index is 0.0245. The molecule has 0 radical (unpaired) electrons. The van der Waals surface area contributed by atoms with E-state index in [1.54, 1.807) is 16.7 Å². The van der Waals surface area contributed by atoms with Crippen LogP contribution < -0.4 is 10.6 Å². The number of carbonyl (C=O) groups is 2. The summed E-state index contributed by atoms with van der Waals surface area (Å²) in [5.74, 6) is -0.147. The van der Waals surface area contributed by atoms with Gasteiger partial charge in [-0.05, 0) is 49.4 Å². The summed E-state index contributed by atoms with van der Waals surface area (Å²) in [6, 6.07) is 11.4. The Hall–Kier alpha value is -3.15. The second-order valence-electron chi connectivity index (χ2n) is 7.67. The summed E-state index contributed by atoms with van der Waals surface area (Å²) < 4.78 is 1.66. The first-order valence-corrected chi connectivity index (χ1v) is 10.0. The third-order valence-electron chi connectivity index (χ3n) is 5.12. The highest BCUT2D eigenvalue weighted by atomic mass is 16.2. The lowest BCUT2D eigenvalue weighted by atomic mass is 9.98. The quantitative estimate of drug-likeness (QED) is 0.646. The highest BCUT2D eigenvalue weighted by Gasteiger charge is 2.23. The Morgan fingerprint density at radius 3 is 2.52 bits per heavy atom. The molecule has 0 spiro atoms. The zero-order valence-electron chi connectivity index (χ0n) is 17.6. The van der Waals surface area contributed by atoms with E-state index >= 15 is 0 Å². The summed E-state index contributed by atoms with van der Waals surface area (Å²) in [5, 5.41) is 5.95. The first-order chi connectivity index (χ1) is 13.8. The number of amides is 2. The van der Waals surface area contributed by atoms with Gasteiger partial charge >= 0.3 is 0 Å². The summed E-state index contributed by atoms with van der Waals surface area (Å²) in [6.45, 7) is 10.1. The third-order valence-corrected chi connectivity index (χ3v) is 5.12. The Kier molecular flexibility index (Phi) is 6.01. The summed E-state index contributed by atoms with van der Waals surface area (Å²) in [6.07, 6.45) is 2.56. The second kappa shape index (κ2) is 8.47. The van der Waals surface area contributed by atoms with E-state index in [0.29, 0.717) is 5.52 Å². The van der Waals surface area contributed by atoms with E-state index in [-0.39, 0.29) is 35.3 Å². The molecule has 0 bridgehead atoms. The Labute approximate surface area is 171 Å². The number of para-hydroxylation sites is 1. The van der Waals surface area contributed by atoms with Crippen LogP contribution in [0, 0.1) is 6.92 Å². The average Bonchev–Trinajstić information content (AvgIpc) is 3.09. The minimum atomic E-state index is -0.326. The van der Waals surface area contributed by atoms with E-state index in [2.05, 4.69) is 29.5 Å². The number of aromatic nitrogens is 2. The Morgan fingerprint density at radius 1 is 1.07 bits per heavy atom. The fraction of sp³-hybridized carbons (Fsp3) is 0.348. The number of aryl methyl sites for hydroxylation is 1. The lowest BCUT2D eigenvalue weighted by Gasteiger charge is -2.16. The molecule has 2 heterocycles. The van der Waals surface area contributed by atoms with Crippen molar-refractivity contribution >= 4 is 23.0 Å². The lowest BCUT2D eigenvalue weighted by molar-refractivity contribution is 0.0928. The number of fused-ring (bicyclic) bond motifs is 1. The minimum Gasteiger partial charge on any atom is -0.347 e. The number of benzene rings is 1. The number of nitrogens with zero attached hydrogens (tertiary/aromatic N) is 2. The van der Waals surface area contributed by atoms with Crippen LogP contribution in [0.5, 0.6) is 0 Å². The van der Waals surface area contributed by atoms with E-state index in [1.807, 2.05) is 51.1 Å². The topological polar surface area (TPSA) is 75.5 Å². The molecule has 1 atom stereocenters. The molecule has 0 aliphatic rings. The van der Waals surface area contributed by atoms with E-state index in [9.17, 15) is 9.59 Å². The van der Waals surface area contributed by atoms with Crippen molar-refractivity contribution in [3.63, 3.8) is 0 Å². The van der Waals surface area contributed by atoms with Crippen molar-refractivity contribution in [2.45, 2.75) is 53.0 Å². The van der Waals surface area contributed by atoms with Gasteiger partial charge in [0.15, 0.2) is 5.69 Å². The fourth-order valence-electron chi connectivity index (χ4n) is 3.27. The number of anilines is 1. The molecule has 0 aliphatic heterocycles. The molecule has 6 nitrogen and oxygen atoms in total. The number of carbonyl (C=O) groups excluding carboxylic acids is 2. The van der Waals surface area contributed by atoms with E-state index in [0.717, 1.165) is 23.2 Å². The van der Waals surface area contributed by atoms with E-state index in [4.69, 9.17) is 0 Å². The monoisotopic (exact) mass is 392 g/mol. The van der Waals surface area contributed by atoms with Gasteiger partial charge in [-0.15, -0.1) is 0 Å². The van der Waals surface area contributed by atoms with Crippen LogP contribution in [0.4, 0.5) is 5.69 Å². The molecule has 1 aromatic carbocycles. The van der Waals surface area contributed by atoms with Gasteiger partial charge in [-0.3, -0.25) is 14.0 Å². The Morgan fingerprint density at radius 2 is 1.83 bits per heavy atom. The normalized spacial score (nSPS) is 12.2. The zero-order valence-corrected chi connectivity index (χ0v) is 17.6. The van der Waals surface area contributed by atoms with Crippen LogP contribution in [0.3, 0.4) is 0 Å². The maximum Gasteiger partial charge on any atom is 0.287 e. The lowest BCUT2D eigenvalue weighted by Crippen LogP contribution is -2.33. The summed E-state index contributed by atoms with van der Waals surface area (Å²) >= 11 is 0. The highest BCUT2D eigenvalue weighted by Crippen LogP contribution is 2.28. The predicted molar refractivity (Wildman–Crippen MR) is 116 cm³/mol. The molecular weight excluding hydrogens is 364 g/mol. The van der Waals surface area contributed by atoms with Crippen molar-refractivity contribution in [1.29, 1.82) is 0 Å². The Bertz CT molecular complexity index is 1050. The molecule has 152 valence electrons. The molecule has 0 fully saturated rings. The first kappa shape index (κ1) is 20.6. The molecule has 2 N–H and O–H groups in total. The van der Waals surface area contributed by atoms with Gasteiger partial charge in [-0.2, -0.15) is 0 Å². The maximum atomic E-state index is 13.2. The number of nitrogens with one attached hydrogen (secondary N) is 2. The van der Waals surface area contributed by atoms with Crippen molar-refractivity contribution in [3.05, 3.63) is 65.2 Å². The molecule has 3 rings (SSSR count). The SMILES string of the molecule is CCC(C)NC(=O)c1nc(C(=O)Nc2c(C)cccc2C(C)C)c2ccccn12. The van der Waals surface area contributed by atoms with Crippen molar-refractivity contribution < 1.29 is 9.59 Å². The van der Waals surface area contributed by atoms with Crippen molar-refractivity contribution in [1.82, 2.24) is 14.7 Å². The summed E-state index contributed by atoms with van der Waals surface area (Å²) in [5.41, 5.74) is 3.69. The first-order valence-electron chi connectivity index (χ1n) is 10.0. The van der Waals surface area contributed by atoms with Gasteiger partial charge in [0, 0.05) is 17.9 Å². The maximum absolute atomic E-state index is 13.2. The largest absolute Gasteiger partial charge is 0.347 e. The van der Waals surface area contributed by atoms with E-state index in [1.165, 1.54) is 0 Å². The van der Waals surface area contributed by atoms with Crippen LogP contribution in [-0.2, 0) is 0 Å². The van der Waals surface area contributed by atoms with Crippen LogP contribution >= 0.6 is 0 Å². The number of hydrogen-bond acceptors (Lipinski definition) is 3. The molecule has 0 saturated heterocycles. The summed E-state index contributed by atoms with van der Waals surface area (Å²) in [4.78, 5) is 30.3. The van der Waals surface area contributed by atoms with Gasteiger partial charge in [0.25, 0.3) is 11.8 Å². The predicted octanol–water partition coefficient (Wildman–Crippen LogP) is 4.55. The molecule has 2 aromatic heterocycles. The molecule has 6 heteroatoms. The molecule has 2 amide bonds. The summed E-state index contributed by atoms with van der Waals surface area (Å²) in [7, 11) is 0. The Balaban J connectivity index is 2.01. The third kappa shape index (κ3) is 4.16. The number of hydrogen-bond donors (Lipinski definition) is 2. The molecule has 29 heavy (non-hydrogen) atoms. The van der Waals surface area contributed by atoms with Gasteiger partial charge in [-0.1, -0.05) is 45.0 Å². The van der Waals surface area contributed by atoms with Crippen molar-refractivity contribution in [2.75, 3.05) is 5.32 Å². The van der Waals surface area contributed by atoms with Crippen LogP contribution in [0.1, 0.15) is 72.3 Å². The average molecular weight is 393 g/mol. The molecule has 0 aliphatic carbocycles. The van der Waals surface area contributed by atoms with Crippen LogP contribution in [0.15, 0.2) is 42.6 Å². The van der Waals surface area contributed by atoms with Crippen molar-refractivity contribution in [3.8, 4) is 0 Å². The van der Waals surface area contributed by atoms with Crippen LogP contribution in [-0.4, -0.2) is 27.2 Å². The number of imidazole rings is 1. The van der Waals surface area contributed by atoms with Crippen LogP contribution in [0.2, 0.25) is 0 Å². The fourth-order valence-corrected chi connectivity index (χ4v) is 3.27.